The average Bonchev–Trinajstić information content (AvgIpc) is 2.96. The van der Waals surface area contributed by atoms with Crippen LogP contribution in [0.1, 0.15) is 36.3 Å². The lowest BCUT2D eigenvalue weighted by Crippen LogP contribution is -2.30. The van der Waals surface area contributed by atoms with Crippen molar-refractivity contribution in [3.63, 3.8) is 0 Å². The first-order chi connectivity index (χ1) is 8.69. The minimum atomic E-state index is -0.731. The van der Waals surface area contributed by atoms with Crippen molar-refractivity contribution in [2.45, 2.75) is 37.7 Å². The predicted molar refractivity (Wildman–Crippen MR) is 67.1 cm³/mol. The van der Waals surface area contributed by atoms with Gasteiger partial charge in [-0.2, -0.15) is 5.10 Å². The summed E-state index contributed by atoms with van der Waals surface area (Å²) in [5.41, 5.74) is 1.40. The van der Waals surface area contributed by atoms with Crippen LogP contribution in [0.3, 0.4) is 0 Å². The molecule has 0 fully saturated rings. The molecule has 1 unspecified atom stereocenters. The third-order valence-corrected chi connectivity index (χ3v) is 3.96. The van der Waals surface area contributed by atoms with Gasteiger partial charge < -0.3 is 9.52 Å². The minimum Gasteiger partial charge on any atom is -0.469 e. The second-order valence-electron chi connectivity index (χ2n) is 5.09. The number of fused-ring (bicyclic) bond motifs is 1. The summed E-state index contributed by atoms with van der Waals surface area (Å²) in [4.78, 5) is 0. The Morgan fingerprint density at radius 3 is 3.17 bits per heavy atom. The highest BCUT2D eigenvalue weighted by molar-refractivity contribution is 5.27. The zero-order valence-corrected chi connectivity index (χ0v) is 10.6. The van der Waals surface area contributed by atoms with Crippen molar-refractivity contribution < 1.29 is 9.52 Å². The van der Waals surface area contributed by atoms with E-state index >= 15 is 0 Å². The van der Waals surface area contributed by atoms with Crippen LogP contribution < -0.4 is 0 Å². The van der Waals surface area contributed by atoms with Crippen LogP contribution in [0.15, 0.2) is 29.0 Å². The van der Waals surface area contributed by atoms with Crippen molar-refractivity contribution in [2.75, 3.05) is 0 Å². The van der Waals surface area contributed by atoms with Crippen molar-refractivity contribution in [1.29, 1.82) is 0 Å². The Balaban J connectivity index is 1.79. The molecule has 18 heavy (non-hydrogen) atoms. The second kappa shape index (κ2) is 4.28. The molecule has 4 heteroatoms. The summed E-state index contributed by atoms with van der Waals surface area (Å²) in [7, 11) is 1.93. The van der Waals surface area contributed by atoms with E-state index in [4.69, 9.17) is 4.42 Å². The molecule has 1 N–H and O–H groups in total. The van der Waals surface area contributed by atoms with Gasteiger partial charge in [0.2, 0.25) is 0 Å². The number of aryl methyl sites for hydroxylation is 3. The van der Waals surface area contributed by atoms with Crippen LogP contribution in [0.4, 0.5) is 0 Å². The van der Waals surface area contributed by atoms with E-state index in [1.54, 1.807) is 12.5 Å². The molecule has 0 amide bonds. The first-order valence-corrected chi connectivity index (χ1v) is 6.45. The van der Waals surface area contributed by atoms with Gasteiger partial charge >= 0.3 is 0 Å². The van der Waals surface area contributed by atoms with Gasteiger partial charge in [-0.3, -0.25) is 4.68 Å². The number of aliphatic hydroxyl groups is 1. The summed E-state index contributed by atoms with van der Waals surface area (Å²) in [6.45, 7) is 0. The van der Waals surface area contributed by atoms with Crippen molar-refractivity contribution in [3.05, 3.63) is 41.6 Å². The Morgan fingerprint density at radius 1 is 1.50 bits per heavy atom. The number of hydrogen-bond donors (Lipinski definition) is 1. The number of nitrogens with zero attached hydrogens (tertiary/aromatic N) is 2. The van der Waals surface area contributed by atoms with E-state index in [9.17, 15) is 5.11 Å². The Labute approximate surface area is 106 Å². The van der Waals surface area contributed by atoms with Crippen LogP contribution in [0.5, 0.6) is 0 Å². The second-order valence-corrected chi connectivity index (χ2v) is 5.09. The Bertz CT molecular complexity index is 543. The van der Waals surface area contributed by atoms with Gasteiger partial charge in [0.05, 0.1) is 11.9 Å². The van der Waals surface area contributed by atoms with E-state index < -0.39 is 5.60 Å². The lowest BCUT2D eigenvalue weighted by atomic mass is 9.79. The first kappa shape index (κ1) is 11.5. The summed E-state index contributed by atoms with van der Waals surface area (Å²) in [6, 6.07) is 3.92. The number of aromatic nitrogens is 2. The molecule has 0 saturated carbocycles. The fourth-order valence-electron chi connectivity index (χ4n) is 2.87. The van der Waals surface area contributed by atoms with Gasteiger partial charge in [0.1, 0.15) is 5.76 Å². The highest BCUT2D eigenvalue weighted by atomic mass is 16.3. The first-order valence-electron chi connectivity index (χ1n) is 6.45. The lowest BCUT2D eigenvalue weighted by Gasteiger charge is -2.31. The fourth-order valence-corrected chi connectivity index (χ4v) is 2.87. The standard InChI is InChI=1S/C14H18N2O2/c1-16-11(5-9-15-16)4-8-14(17)7-2-3-13-12(14)6-10-18-13/h5-6,9-10,17H,2-4,7-8H2,1H3. The molecular formula is C14H18N2O2. The fraction of sp³-hybridized carbons (Fsp3) is 0.500. The van der Waals surface area contributed by atoms with Crippen LogP contribution in [-0.4, -0.2) is 14.9 Å². The maximum absolute atomic E-state index is 10.8. The molecule has 4 nitrogen and oxygen atoms in total. The molecule has 0 spiro atoms. The molecule has 3 rings (SSSR count). The van der Waals surface area contributed by atoms with E-state index in [1.165, 1.54) is 0 Å². The molecule has 0 radical (unpaired) electrons. The topological polar surface area (TPSA) is 51.2 Å². The highest BCUT2D eigenvalue weighted by Gasteiger charge is 2.35. The third kappa shape index (κ3) is 1.86. The van der Waals surface area contributed by atoms with Gasteiger partial charge in [-0.05, 0) is 37.8 Å². The van der Waals surface area contributed by atoms with Gasteiger partial charge in [0.25, 0.3) is 0 Å². The van der Waals surface area contributed by atoms with Gasteiger partial charge in [-0.25, -0.2) is 0 Å². The molecular weight excluding hydrogens is 228 g/mol. The van der Waals surface area contributed by atoms with E-state index in [-0.39, 0.29) is 0 Å². The van der Waals surface area contributed by atoms with Crippen LogP contribution in [-0.2, 0) is 25.5 Å². The van der Waals surface area contributed by atoms with E-state index in [0.717, 1.165) is 49.1 Å². The molecule has 0 aliphatic heterocycles. The number of furan rings is 1. The molecule has 0 bridgehead atoms. The van der Waals surface area contributed by atoms with E-state index in [0.29, 0.717) is 0 Å². The maximum Gasteiger partial charge on any atom is 0.109 e. The van der Waals surface area contributed by atoms with Crippen LogP contribution >= 0.6 is 0 Å². The molecule has 2 aromatic heterocycles. The minimum absolute atomic E-state index is 0.721. The van der Waals surface area contributed by atoms with Gasteiger partial charge in [-0.15, -0.1) is 0 Å². The molecule has 1 aliphatic carbocycles. The summed E-state index contributed by atoms with van der Waals surface area (Å²) in [5, 5.41) is 15.0. The lowest BCUT2D eigenvalue weighted by molar-refractivity contribution is 0.00785. The summed E-state index contributed by atoms with van der Waals surface area (Å²) < 4.78 is 7.30. The summed E-state index contributed by atoms with van der Waals surface area (Å²) >= 11 is 0. The molecule has 0 aromatic carbocycles. The smallest absolute Gasteiger partial charge is 0.109 e. The molecule has 0 saturated heterocycles. The van der Waals surface area contributed by atoms with Gasteiger partial charge in [-0.1, -0.05) is 0 Å². The third-order valence-electron chi connectivity index (χ3n) is 3.96. The quantitative estimate of drug-likeness (QED) is 0.903. The van der Waals surface area contributed by atoms with Crippen molar-refractivity contribution >= 4 is 0 Å². The summed E-state index contributed by atoms with van der Waals surface area (Å²) in [6.07, 6.45) is 7.78. The van der Waals surface area contributed by atoms with Crippen molar-refractivity contribution in [1.82, 2.24) is 9.78 Å². The summed E-state index contributed by atoms with van der Waals surface area (Å²) in [5.74, 6) is 0.953. The average molecular weight is 246 g/mol. The molecule has 1 aliphatic rings. The van der Waals surface area contributed by atoms with Crippen LogP contribution in [0.2, 0.25) is 0 Å². The molecule has 2 heterocycles. The Morgan fingerprint density at radius 2 is 2.39 bits per heavy atom. The zero-order valence-electron chi connectivity index (χ0n) is 10.6. The molecule has 2 aromatic rings. The zero-order chi connectivity index (χ0) is 12.6. The maximum atomic E-state index is 10.8. The van der Waals surface area contributed by atoms with Crippen molar-refractivity contribution in [2.24, 2.45) is 7.05 Å². The van der Waals surface area contributed by atoms with E-state index in [1.807, 2.05) is 23.9 Å². The normalized spacial score (nSPS) is 23.0. The Kier molecular flexibility index (Phi) is 2.74. The number of hydrogen-bond acceptors (Lipinski definition) is 3. The van der Waals surface area contributed by atoms with Crippen LogP contribution in [0.25, 0.3) is 0 Å². The molecule has 1 atom stereocenters. The van der Waals surface area contributed by atoms with Gasteiger partial charge in [0.15, 0.2) is 0 Å². The SMILES string of the molecule is Cn1nccc1CCC1(O)CCCc2occc21. The van der Waals surface area contributed by atoms with Crippen molar-refractivity contribution in [3.8, 4) is 0 Å². The highest BCUT2D eigenvalue weighted by Crippen LogP contribution is 2.39. The van der Waals surface area contributed by atoms with E-state index in [2.05, 4.69) is 5.10 Å². The monoisotopic (exact) mass is 246 g/mol. The molecule has 96 valence electrons. The predicted octanol–water partition coefficient (Wildman–Crippen LogP) is 2.17. The Hall–Kier alpha value is -1.55. The van der Waals surface area contributed by atoms with Crippen LogP contribution in [0, 0.1) is 0 Å². The van der Waals surface area contributed by atoms with Gasteiger partial charge in [0, 0.05) is 30.9 Å². The largest absolute Gasteiger partial charge is 0.469 e. The number of rotatable bonds is 3.